The van der Waals surface area contributed by atoms with Crippen LogP contribution >= 0.6 is 0 Å². The number of benzene rings is 1. The Morgan fingerprint density at radius 2 is 1.88 bits per heavy atom. The van der Waals surface area contributed by atoms with E-state index in [1.807, 2.05) is 0 Å². The summed E-state index contributed by atoms with van der Waals surface area (Å²) in [5.74, 6) is 1.23. The SMILES string of the molecule is COC(C)(C)C(=O)c1ccc2c(c1)OCCO2. The number of carbonyl (C=O) groups is 1. The van der Waals surface area contributed by atoms with E-state index in [2.05, 4.69) is 0 Å². The second-order valence-electron chi connectivity index (χ2n) is 4.40. The van der Waals surface area contributed by atoms with Gasteiger partial charge in [-0.25, -0.2) is 0 Å². The van der Waals surface area contributed by atoms with Gasteiger partial charge in [0.2, 0.25) is 0 Å². The summed E-state index contributed by atoms with van der Waals surface area (Å²) in [5, 5.41) is 0. The summed E-state index contributed by atoms with van der Waals surface area (Å²) in [6.45, 7) is 4.54. The van der Waals surface area contributed by atoms with Gasteiger partial charge in [-0.05, 0) is 32.0 Å². The molecule has 0 unspecified atom stereocenters. The number of ketones is 1. The molecule has 92 valence electrons. The van der Waals surface area contributed by atoms with Gasteiger partial charge in [0.05, 0.1) is 0 Å². The fourth-order valence-electron chi connectivity index (χ4n) is 1.62. The summed E-state index contributed by atoms with van der Waals surface area (Å²) in [4.78, 5) is 12.2. The lowest BCUT2D eigenvalue weighted by molar-refractivity contribution is 0.0227. The van der Waals surface area contributed by atoms with Crippen molar-refractivity contribution in [3.05, 3.63) is 23.8 Å². The van der Waals surface area contributed by atoms with Crippen LogP contribution in [0.15, 0.2) is 18.2 Å². The van der Waals surface area contributed by atoms with Gasteiger partial charge in [0.15, 0.2) is 17.3 Å². The summed E-state index contributed by atoms with van der Waals surface area (Å²) in [5.41, 5.74) is -0.259. The fraction of sp³-hybridized carbons (Fsp3) is 0.462. The maximum Gasteiger partial charge on any atom is 0.194 e. The summed E-state index contributed by atoms with van der Waals surface area (Å²) < 4.78 is 16.0. The first-order valence-corrected chi connectivity index (χ1v) is 5.54. The zero-order chi connectivity index (χ0) is 12.5. The van der Waals surface area contributed by atoms with Gasteiger partial charge in [0.1, 0.15) is 18.8 Å². The topological polar surface area (TPSA) is 44.8 Å². The molecule has 2 rings (SSSR count). The van der Waals surface area contributed by atoms with Gasteiger partial charge in [0.25, 0.3) is 0 Å². The third-order valence-corrected chi connectivity index (χ3v) is 2.86. The first-order chi connectivity index (χ1) is 8.04. The molecule has 0 bridgehead atoms. The van der Waals surface area contributed by atoms with E-state index in [1.54, 1.807) is 32.0 Å². The lowest BCUT2D eigenvalue weighted by atomic mass is 9.96. The molecule has 4 nitrogen and oxygen atoms in total. The normalized spacial score (nSPS) is 14.5. The molecule has 1 aromatic carbocycles. The molecule has 0 radical (unpaired) electrons. The van der Waals surface area contributed by atoms with Crippen LogP contribution in [0.3, 0.4) is 0 Å². The van der Waals surface area contributed by atoms with Gasteiger partial charge < -0.3 is 14.2 Å². The van der Waals surface area contributed by atoms with Crippen molar-refractivity contribution in [2.24, 2.45) is 0 Å². The molecule has 0 saturated heterocycles. The van der Waals surface area contributed by atoms with Gasteiger partial charge >= 0.3 is 0 Å². The number of carbonyl (C=O) groups excluding carboxylic acids is 1. The number of hydrogen-bond acceptors (Lipinski definition) is 4. The molecule has 0 spiro atoms. The standard InChI is InChI=1S/C13H16O4/c1-13(2,15-3)12(14)9-4-5-10-11(8-9)17-7-6-16-10/h4-5,8H,6-7H2,1-3H3. The molecule has 1 aliphatic rings. The highest BCUT2D eigenvalue weighted by Gasteiger charge is 2.29. The average Bonchev–Trinajstić information content (AvgIpc) is 2.37. The van der Waals surface area contributed by atoms with E-state index in [4.69, 9.17) is 14.2 Å². The third-order valence-electron chi connectivity index (χ3n) is 2.86. The fourth-order valence-corrected chi connectivity index (χ4v) is 1.62. The number of rotatable bonds is 3. The molecule has 0 atom stereocenters. The predicted molar refractivity (Wildman–Crippen MR) is 62.9 cm³/mol. The molecule has 0 amide bonds. The van der Waals surface area contributed by atoms with Crippen LogP contribution in [0.25, 0.3) is 0 Å². The van der Waals surface area contributed by atoms with Crippen molar-refractivity contribution in [3.63, 3.8) is 0 Å². The Kier molecular flexibility index (Phi) is 3.07. The van der Waals surface area contributed by atoms with E-state index in [1.165, 1.54) is 7.11 Å². The minimum Gasteiger partial charge on any atom is -0.486 e. The third kappa shape index (κ3) is 2.26. The maximum absolute atomic E-state index is 12.2. The van der Waals surface area contributed by atoms with Crippen molar-refractivity contribution in [1.82, 2.24) is 0 Å². The van der Waals surface area contributed by atoms with Gasteiger partial charge in [0, 0.05) is 12.7 Å². The highest BCUT2D eigenvalue weighted by atomic mass is 16.6. The van der Waals surface area contributed by atoms with Gasteiger partial charge in [-0.3, -0.25) is 4.79 Å². The molecular weight excluding hydrogens is 220 g/mol. The average molecular weight is 236 g/mol. The quantitative estimate of drug-likeness (QED) is 0.753. The van der Waals surface area contributed by atoms with Crippen molar-refractivity contribution in [2.45, 2.75) is 19.4 Å². The molecular formula is C13H16O4. The van der Waals surface area contributed by atoms with Crippen LogP contribution < -0.4 is 9.47 Å². The molecule has 1 heterocycles. The molecule has 1 aromatic rings. The maximum atomic E-state index is 12.2. The summed E-state index contributed by atoms with van der Waals surface area (Å²) >= 11 is 0. The van der Waals surface area contributed by atoms with Crippen LogP contribution in [0.1, 0.15) is 24.2 Å². The molecule has 0 fully saturated rings. The largest absolute Gasteiger partial charge is 0.486 e. The smallest absolute Gasteiger partial charge is 0.194 e. The molecule has 0 aliphatic carbocycles. The van der Waals surface area contributed by atoms with Crippen molar-refractivity contribution in [2.75, 3.05) is 20.3 Å². The van der Waals surface area contributed by atoms with Crippen molar-refractivity contribution >= 4 is 5.78 Å². The van der Waals surface area contributed by atoms with Crippen molar-refractivity contribution < 1.29 is 19.0 Å². The predicted octanol–water partition coefficient (Wildman–Crippen LogP) is 2.07. The van der Waals surface area contributed by atoms with Crippen LogP contribution in [0.5, 0.6) is 11.5 Å². The van der Waals surface area contributed by atoms with Crippen LogP contribution in [0.2, 0.25) is 0 Å². The molecule has 0 saturated carbocycles. The minimum atomic E-state index is -0.830. The Morgan fingerprint density at radius 3 is 2.53 bits per heavy atom. The lowest BCUT2D eigenvalue weighted by Gasteiger charge is -2.23. The molecule has 4 heteroatoms. The Balaban J connectivity index is 2.31. The monoisotopic (exact) mass is 236 g/mol. The summed E-state index contributed by atoms with van der Waals surface area (Å²) in [6.07, 6.45) is 0. The van der Waals surface area contributed by atoms with E-state index in [0.29, 0.717) is 30.3 Å². The minimum absolute atomic E-state index is 0.0722. The van der Waals surface area contributed by atoms with Crippen molar-refractivity contribution in [1.29, 1.82) is 0 Å². The van der Waals surface area contributed by atoms with Crippen LogP contribution in [-0.2, 0) is 4.74 Å². The van der Waals surface area contributed by atoms with E-state index >= 15 is 0 Å². The molecule has 1 aliphatic heterocycles. The summed E-state index contributed by atoms with van der Waals surface area (Å²) in [7, 11) is 1.52. The molecule has 0 N–H and O–H groups in total. The summed E-state index contributed by atoms with van der Waals surface area (Å²) in [6, 6.07) is 5.20. The first kappa shape index (κ1) is 11.9. The number of hydrogen-bond donors (Lipinski definition) is 0. The van der Waals surface area contributed by atoms with E-state index in [-0.39, 0.29) is 5.78 Å². The zero-order valence-electron chi connectivity index (χ0n) is 10.3. The number of fused-ring (bicyclic) bond motifs is 1. The second kappa shape index (κ2) is 4.37. The van der Waals surface area contributed by atoms with E-state index < -0.39 is 5.60 Å². The van der Waals surface area contributed by atoms with E-state index in [9.17, 15) is 4.79 Å². The van der Waals surface area contributed by atoms with Gasteiger partial charge in [-0.2, -0.15) is 0 Å². The molecule has 17 heavy (non-hydrogen) atoms. The van der Waals surface area contributed by atoms with Gasteiger partial charge in [-0.15, -0.1) is 0 Å². The second-order valence-corrected chi connectivity index (χ2v) is 4.40. The number of methoxy groups -OCH3 is 1. The number of ether oxygens (including phenoxy) is 3. The van der Waals surface area contributed by atoms with E-state index in [0.717, 1.165) is 0 Å². The Morgan fingerprint density at radius 1 is 1.24 bits per heavy atom. The Bertz CT molecular complexity index is 437. The lowest BCUT2D eigenvalue weighted by Crippen LogP contribution is -2.33. The van der Waals surface area contributed by atoms with Crippen LogP contribution in [-0.4, -0.2) is 31.7 Å². The first-order valence-electron chi connectivity index (χ1n) is 5.54. The zero-order valence-corrected chi connectivity index (χ0v) is 10.3. The van der Waals surface area contributed by atoms with Crippen LogP contribution in [0.4, 0.5) is 0 Å². The van der Waals surface area contributed by atoms with Crippen molar-refractivity contribution in [3.8, 4) is 11.5 Å². The Hall–Kier alpha value is -1.55. The number of Topliss-reactive ketones (excluding diaryl/α,β-unsaturated/α-hetero) is 1. The van der Waals surface area contributed by atoms with Gasteiger partial charge in [-0.1, -0.05) is 0 Å². The van der Waals surface area contributed by atoms with Crippen LogP contribution in [0, 0.1) is 0 Å². The highest BCUT2D eigenvalue weighted by Crippen LogP contribution is 2.32. The Labute approximate surface area is 100 Å². The highest BCUT2D eigenvalue weighted by molar-refractivity contribution is 6.02. The molecule has 0 aromatic heterocycles.